The molecule has 5 nitrogen and oxygen atoms in total. The Kier molecular flexibility index (Phi) is 9.38. The molecule has 0 amide bonds. The maximum Gasteiger partial charge on any atom is 0.534 e. The molecule has 0 saturated heterocycles. The van der Waals surface area contributed by atoms with Crippen LogP contribution in [0.1, 0.15) is 111 Å². The minimum Gasteiger partial charge on any atom is -0.460 e. The smallest absolute Gasteiger partial charge is 0.460 e. The van der Waals surface area contributed by atoms with Crippen molar-refractivity contribution < 1.29 is 35.3 Å². The lowest BCUT2D eigenvalue weighted by atomic mass is 9.33. The van der Waals surface area contributed by atoms with Gasteiger partial charge in [-0.2, -0.15) is 21.6 Å². The number of esters is 1. The van der Waals surface area contributed by atoms with Gasteiger partial charge in [-0.3, -0.25) is 4.79 Å². The molecule has 0 aromatic heterocycles. The summed E-state index contributed by atoms with van der Waals surface area (Å²) < 4.78 is 74.5. The number of halogens is 3. The first kappa shape index (κ1) is 36.0. The highest BCUT2D eigenvalue weighted by Crippen LogP contribution is 2.77. The van der Waals surface area contributed by atoms with E-state index in [2.05, 4.69) is 27.4 Å². The molecule has 0 N–H and O–H groups in total. The molecule has 5 aliphatic rings. The molecule has 0 aliphatic heterocycles. The van der Waals surface area contributed by atoms with Gasteiger partial charge in [0.2, 0.25) is 0 Å². The Morgan fingerprint density at radius 3 is 2.21 bits per heavy atom. The maximum absolute atomic E-state index is 13.9. The van der Waals surface area contributed by atoms with Gasteiger partial charge in [0.15, 0.2) is 0 Å². The highest BCUT2D eigenvalue weighted by atomic mass is 32.2. The van der Waals surface area contributed by atoms with Gasteiger partial charge in [-0.1, -0.05) is 77.4 Å². The molecule has 0 bridgehead atoms. The second-order valence-corrected chi connectivity index (χ2v) is 17.8. The second-order valence-electron chi connectivity index (χ2n) is 16.3. The third-order valence-electron chi connectivity index (χ3n) is 14.0. The normalized spacial score (nSPS) is 39.0. The fourth-order valence-corrected chi connectivity index (χ4v) is 12.3. The Hall–Kier alpha value is -2.29. The van der Waals surface area contributed by atoms with Crippen molar-refractivity contribution in [2.45, 2.75) is 118 Å². The number of ether oxygens (including phenoxy) is 1. The number of benzene rings is 1. The van der Waals surface area contributed by atoms with Crippen molar-refractivity contribution in [3.8, 4) is 0 Å². The van der Waals surface area contributed by atoms with Crippen LogP contribution >= 0.6 is 0 Å². The topological polar surface area (TPSA) is 69.7 Å². The number of alkyl halides is 3. The molecule has 4 unspecified atom stereocenters. The zero-order valence-corrected chi connectivity index (χ0v) is 29.7. The van der Waals surface area contributed by atoms with Crippen LogP contribution in [0.2, 0.25) is 0 Å². The van der Waals surface area contributed by atoms with Crippen LogP contribution in [-0.4, -0.2) is 19.9 Å². The van der Waals surface area contributed by atoms with Gasteiger partial charge in [-0.15, -0.1) is 6.58 Å². The van der Waals surface area contributed by atoms with E-state index in [9.17, 15) is 26.4 Å². The minimum atomic E-state index is -5.73. The molecular formula is C38H53F3O5S. The van der Waals surface area contributed by atoms with Crippen molar-refractivity contribution in [3.05, 3.63) is 60.4 Å². The Labute approximate surface area is 279 Å². The predicted octanol–water partition coefficient (Wildman–Crippen LogP) is 10.1. The van der Waals surface area contributed by atoms with Gasteiger partial charge in [0, 0.05) is 5.41 Å². The number of rotatable bonds is 5. The van der Waals surface area contributed by atoms with E-state index in [0.29, 0.717) is 30.8 Å². The zero-order valence-electron chi connectivity index (χ0n) is 28.9. The van der Waals surface area contributed by atoms with Gasteiger partial charge in [-0.25, -0.2) is 0 Å². The lowest BCUT2D eigenvalue weighted by Crippen LogP contribution is -2.65. The molecule has 6 rings (SSSR count). The molecule has 47 heavy (non-hydrogen) atoms. The molecule has 0 heterocycles. The summed E-state index contributed by atoms with van der Waals surface area (Å²) in [5.41, 5.74) is -5.95. The quantitative estimate of drug-likeness (QED) is 0.134. The lowest BCUT2D eigenvalue weighted by Gasteiger charge is -2.71. The Bertz CT molecular complexity index is 1490. The summed E-state index contributed by atoms with van der Waals surface area (Å²) in [5.74, 6) is 0.900. The average Bonchev–Trinajstić information content (AvgIpc) is 3.44. The van der Waals surface area contributed by atoms with Gasteiger partial charge in [0.1, 0.15) is 12.4 Å². The molecule has 8 atom stereocenters. The van der Waals surface area contributed by atoms with Crippen molar-refractivity contribution in [3.63, 3.8) is 0 Å². The van der Waals surface area contributed by atoms with Crippen LogP contribution in [0.25, 0.3) is 0 Å². The van der Waals surface area contributed by atoms with Crippen molar-refractivity contribution in [2.75, 3.05) is 0 Å². The van der Waals surface area contributed by atoms with Gasteiger partial charge in [0.05, 0.1) is 5.41 Å². The number of carbonyl (C=O) groups is 1. The number of fused-ring (bicyclic) bond motifs is 7. The van der Waals surface area contributed by atoms with E-state index in [4.69, 9.17) is 8.92 Å². The molecule has 5 aliphatic carbocycles. The number of hydrogen-bond donors (Lipinski definition) is 0. The second kappa shape index (κ2) is 12.2. The maximum atomic E-state index is 13.9. The highest BCUT2D eigenvalue weighted by Gasteiger charge is 2.71. The number of allylic oxidation sites excluding steroid dienone is 3. The van der Waals surface area contributed by atoms with E-state index in [1.807, 2.05) is 51.1 Å². The molecule has 4 saturated carbocycles. The summed E-state index contributed by atoms with van der Waals surface area (Å²) in [6, 6.07) is 9.85. The van der Waals surface area contributed by atoms with E-state index < -0.39 is 26.5 Å². The van der Waals surface area contributed by atoms with Crippen LogP contribution in [0.4, 0.5) is 13.2 Å². The molecular weight excluding hydrogens is 625 g/mol. The zero-order chi connectivity index (χ0) is 34.7. The van der Waals surface area contributed by atoms with E-state index in [0.717, 1.165) is 63.4 Å². The first-order valence-electron chi connectivity index (χ1n) is 17.3. The number of carbonyl (C=O) groups excluding carboxylic acids is 1. The van der Waals surface area contributed by atoms with Crippen molar-refractivity contribution >= 4 is 16.1 Å². The van der Waals surface area contributed by atoms with Gasteiger partial charge in [0.25, 0.3) is 0 Å². The van der Waals surface area contributed by atoms with E-state index in [1.54, 1.807) is 12.2 Å². The number of hydrogen-bond acceptors (Lipinski definition) is 5. The third kappa shape index (κ3) is 5.58. The van der Waals surface area contributed by atoms with Crippen LogP contribution < -0.4 is 0 Å². The highest BCUT2D eigenvalue weighted by molar-refractivity contribution is 7.87. The molecule has 9 heteroatoms. The van der Waals surface area contributed by atoms with Crippen LogP contribution in [0.3, 0.4) is 0 Å². The summed E-state index contributed by atoms with van der Waals surface area (Å²) in [6.07, 6.45) is 12.4. The minimum absolute atomic E-state index is 0.00974. The van der Waals surface area contributed by atoms with Crippen LogP contribution in [-0.2, 0) is 30.4 Å². The van der Waals surface area contributed by atoms with E-state index in [-0.39, 0.29) is 33.9 Å². The van der Waals surface area contributed by atoms with E-state index in [1.165, 1.54) is 0 Å². The summed E-state index contributed by atoms with van der Waals surface area (Å²) in [6.45, 7) is 16.4. The SMILES string of the molecule is C=CC.CC1(C)C(OS(=O)(=O)C(F)(F)F)=CCC2(C)[C@H]3CCC4[C@H]5CCCC5(C(=O)OCc5ccccc5)CC[C@@]4(C)C3(C)CC[C@@H]12. The molecule has 262 valence electrons. The summed E-state index contributed by atoms with van der Waals surface area (Å²) in [4.78, 5) is 13.9. The Balaban J connectivity index is 0.00000139. The monoisotopic (exact) mass is 678 g/mol. The van der Waals surface area contributed by atoms with Crippen molar-refractivity contribution in [1.82, 2.24) is 0 Å². The Morgan fingerprint density at radius 2 is 1.57 bits per heavy atom. The lowest BCUT2D eigenvalue weighted by molar-refractivity contribution is -0.229. The molecule has 0 spiro atoms. The summed E-state index contributed by atoms with van der Waals surface area (Å²) in [5, 5.41) is 0. The predicted molar refractivity (Wildman–Crippen MR) is 177 cm³/mol. The van der Waals surface area contributed by atoms with Crippen LogP contribution in [0.5, 0.6) is 0 Å². The van der Waals surface area contributed by atoms with Gasteiger partial charge in [-0.05, 0) is 116 Å². The molecule has 1 aromatic rings. The van der Waals surface area contributed by atoms with Crippen LogP contribution in [0.15, 0.2) is 54.8 Å². The fourth-order valence-electron chi connectivity index (χ4n) is 11.7. The summed E-state index contributed by atoms with van der Waals surface area (Å²) in [7, 11) is -5.73. The first-order chi connectivity index (χ1) is 21.8. The average molecular weight is 679 g/mol. The van der Waals surface area contributed by atoms with Crippen molar-refractivity contribution in [2.24, 2.45) is 50.7 Å². The molecule has 4 fully saturated rings. The van der Waals surface area contributed by atoms with Gasteiger partial charge < -0.3 is 8.92 Å². The van der Waals surface area contributed by atoms with E-state index >= 15 is 0 Å². The molecule has 0 radical (unpaired) electrons. The molecule has 1 aromatic carbocycles. The van der Waals surface area contributed by atoms with Gasteiger partial charge >= 0.3 is 21.6 Å². The van der Waals surface area contributed by atoms with Crippen LogP contribution in [0, 0.1) is 50.7 Å². The fraction of sp³-hybridized carbons (Fsp3) is 0.711. The first-order valence-corrected chi connectivity index (χ1v) is 18.7. The third-order valence-corrected chi connectivity index (χ3v) is 14.9. The largest absolute Gasteiger partial charge is 0.534 e. The van der Waals surface area contributed by atoms with Crippen molar-refractivity contribution in [1.29, 1.82) is 0 Å². The Morgan fingerprint density at radius 1 is 0.915 bits per heavy atom. The standard InChI is InChI=1S/C35H47F3O5S.C3H6/c1-30(2)26-15-19-33(5)27(31(26,3)18-16-28(30)43-44(40,41)35(36,37)38)14-13-24-25-12-9-17-34(25,21-20-32(24,33)4)29(39)42-22-23-10-7-6-8-11-23;1-3-2/h6-8,10-11,16,24-27H,9,12-15,17-22H2,1-5H3;3H,1H2,2H3/t24?,25-,26+,27-,31?,32-,33?,34?;/m1./s1. The summed E-state index contributed by atoms with van der Waals surface area (Å²) >= 11 is 0.